The number of benzene rings is 1. The van der Waals surface area contributed by atoms with Gasteiger partial charge in [0.25, 0.3) is 0 Å². The predicted octanol–water partition coefficient (Wildman–Crippen LogP) is 4.15. The van der Waals surface area contributed by atoms with Crippen molar-refractivity contribution in [3.63, 3.8) is 0 Å². The Labute approximate surface area is 140 Å². The summed E-state index contributed by atoms with van der Waals surface area (Å²) in [5, 5.41) is 7.91. The van der Waals surface area contributed by atoms with Gasteiger partial charge in [0.1, 0.15) is 5.82 Å². The first-order valence-electron chi connectivity index (χ1n) is 7.80. The molecule has 24 heavy (non-hydrogen) atoms. The summed E-state index contributed by atoms with van der Waals surface area (Å²) in [5.74, 6) is 0.877. The van der Waals surface area contributed by atoms with Crippen LogP contribution in [0, 0.1) is 13.8 Å². The van der Waals surface area contributed by atoms with E-state index in [9.17, 15) is 0 Å². The Hall–Kier alpha value is -3.21. The Kier molecular flexibility index (Phi) is 3.46. The molecule has 1 N–H and O–H groups in total. The molecule has 0 saturated carbocycles. The number of aryl methyl sites for hydroxylation is 2. The number of hydrogen-bond donors (Lipinski definition) is 1. The van der Waals surface area contributed by atoms with Crippen molar-refractivity contribution < 1.29 is 0 Å². The van der Waals surface area contributed by atoms with E-state index in [2.05, 4.69) is 51.6 Å². The highest BCUT2D eigenvalue weighted by atomic mass is 15.3. The van der Waals surface area contributed by atoms with E-state index >= 15 is 0 Å². The topological polar surface area (TPSA) is 55.1 Å². The summed E-state index contributed by atoms with van der Waals surface area (Å²) < 4.78 is 1.84. The molecule has 0 amide bonds. The van der Waals surface area contributed by atoms with E-state index in [0.717, 1.165) is 34.0 Å². The number of nitrogens with zero attached hydrogens (tertiary/aromatic N) is 4. The molecule has 0 spiro atoms. The molecule has 3 heterocycles. The van der Waals surface area contributed by atoms with E-state index in [1.807, 2.05) is 35.8 Å². The summed E-state index contributed by atoms with van der Waals surface area (Å²) in [6.07, 6.45) is 5.38. The second-order valence-electron chi connectivity index (χ2n) is 5.80. The maximum Gasteiger partial charge on any atom is 0.165 e. The zero-order valence-electron chi connectivity index (χ0n) is 13.6. The lowest BCUT2D eigenvalue weighted by Crippen LogP contribution is -2.02. The minimum Gasteiger partial charge on any atom is -0.340 e. The maximum atomic E-state index is 4.68. The smallest absolute Gasteiger partial charge is 0.165 e. The van der Waals surface area contributed by atoms with Crippen LogP contribution in [0.1, 0.15) is 11.3 Å². The van der Waals surface area contributed by atoms with Crippen molar-refractivity contribution in [1.82, 2.24) is 19.6 Å². The van der Waals surface area contributed by atoms with Crippen LogP contribution in [-0.2, 0) is 0 Å². The van der Waals surface area contributed by atoms with Crippen LogP contribution in [0.5, 0.6) is 0 Å². The average Bonchev–Trinajstić information content (AvgIpc) is 3.00. The summed E-state index contributed by atoms with van der Waals surface area (Å²) in [6, 6.07) is 14.2. The molecule has 4 rings (SSSR count). The molecule has 0 aliphatic carbocycles. The lowest BCUT2D eigenvalue weighted by Gasteiger charge is -2.09. The first-order valence-corrected chi connectivity index (χ1v) is 7.80. The lowest BCUT2D eigenvalue weighted by molar-refractivity contribution is 0.937. The summed E-state index contributed by atoms with van der Waals surface area (Å²) in [6.45, 7) is 4.07. The van der Waals surface area contributed by atoms with Crippen molar-refractivity contribution in [2.45, 2.75) is 13.8 Å². The maximum absolute atomic E-state index is 4.68. The van der Waals surface area contributed by atoms with Gasteiger partial charge in [-0.1, -0.05) is 29.8 Å². The van der Waals surface area contributed by atoms with Gasteiger partial charge in [-0.3, -0.25) is 4.98 Å². The van der Waals surface area contributed by atoms with Gasteiger partial charge in [-0.05, 0) is 31.5 Å². The number of anilines is 2. The van der Waals surface area contributed by atoms with E-state index in [1.165, 1.54) is 5.56 Å². The van der Waals surface area contributed by atoms with Crippen molar-refractivity contribution >= 4 is 17.2 Å². The molecule has 0 atom stereocenters. The molecule has 118 valence electrons. The highest BCUT2D eigenvalue weighted by Crippen LogP contribution is 2.27. The molecule has 0 aliphatic heterocycles. The van der Waals surface area contributed by atoms with Crippen molar-refractivity contribution in [2.24, 2.45) is 0 Å². The molecule has 0 saturated heterocycles. The number of fused-ring (bicyclic) bond motifs is 1. The third kappa shape index (κ3) is 2.60. The highest BCUT2D eigenvalue weighted by Gasteiger charge is 2.12. The summed E-state index contributed by atoms with van der Waals surface area (Å²) >= 11 is 0. The van der Waals surface area contributed by atoms with Crippen molar-refractivity contribution in [1.29, 1.82) is 0 Å². The Morgan fingerprint density at radius 3 is 2.46 bits per heavy atom. The van der Waals surface area contributed by atoms with E-state index in [1.54, 1.807) is 12.4 Å². The largest absolute Gasteiger partial charge is 0.340 e. The van der Waals surface area contributed by atoms with Crippen LogP contribution >= 0.6 is 0 Å². The third-order valence-corrected chi connectivity index (χ3v) is 3.92. The molecule has 3 aromatic heterocycles. The standard InChI is InChI=1S/C19H17N5/c1-13-3-5-15(6-4-13)17-12-21-24-18(11-14(2)22-19(17)24)23-16-7-9-20-10-8-16/h3-12H,1-2H3,(H,20,23). The van der Waals surface area contributed by atoms with Gasteiger partial charge in [0.2, 0.25) is 0 Å². The van der Waals surface area contributed by atoms with E-state index in [0.29, 0.717) is 0 Å². The predicted molar refractivity (Wildman–Crippen MR) is 95.4 cm³/mol. The van der Waals surface area contributed by atoms with Gasteiger partial charge >= 0.3 is 0 Å². The molecule has 1 aromatic carbocycles. The molecular weight excluding hydrogens is 298 g/mol. The van der Waals surface area contributed by atoms with Crippen molar-refractivity contribution in [2.75, 3.05) is 5.32 Å². The monoisotopic (exact) mass is 315 g/mol. The van der Waals surface area contributed by atoms with Gasteiger partial charge in [0.05, 0.1) is 6.20 Å². The fourth-order valence-electron chi connectivity index (χ4n) is 2.69. The molecule has 0 unspecified atom stereocenters. The van der Waals surface area contributed by atoms with Crippen LogP contribution < -0.4 is 5.32 Å². The fraction of sp³-hybridized carbons (Fsp3) is 0.105. The van der Waals surface area contributed by atoms with E-state index < -0.39 is 0 Å². The van der Waals surface area contributed by atoms with Crippen LogP contribution in [0.4, 0.5) is 11.5 Å². The van der Waals surface area contributed by atoms with Crippen molar-refractivity contribution in [3.05, 3.63) is 72.3 Å². The Morgan fingerprint density at radius 1 is 0.958 bits per heavy atom. The number of rotatable bonds is 3. The van der Waals surface area contributed by atoms with Crippen LogP contribution in [0.25, 0.3) is 16.8 Å². The molecule has 0 radical (unpaired) electrons. The normalized spacial score (nSPS) is 10.9. The van der Waals surface area contributed by atoms with Gasteiger partial charge in [-0.15, -0.1) is 0 Å². The summed E-state index contributed by atoms with van der Waals surface area (Å²) in [7, 11) is 0. The molecule has 5 nitrogen and oxygen atoms in total. The molecule has 5 heteroatoms. The van der Waals surface area contributed by atoms with Gasteiger partial charge in [-0.2, -0.15) is 9.61 Å². The summed E-state index contributed by atoms with van der Waals surface area (Å²) in [5.41, 5.74) is 6.12. The van der Waals surface area contributed by atoms with E-state index in [4.69, 9.17) is 0 Å². The van der Waals surface area contributed by atoms with Crippen LogP contribution in [0.3, 0.4) is 0 Å². The zero-order chi connectivity index (χ0) is 16.5. The second-order valence-corrected chi connectivity index (χ2v) is 5.80. The fourth-order valence-corrected chi connectivity index (χ4v) is 2.69. The molecular formula is C19H17N5. The third-order valence-electron chi connectivity index (χ3n) is 3.92. The highest BCUT2D eigenvalue weighted by molar-refractivity contribution is 5.78. The van der Waals surface area contributed by atoms with Crippen LogP contribution in [0.15, 0.2) is 61.1 Å². The number of hydrogen-bond acceptors (Lipinski definition) is 4. The molecule has 0 aliphatic rings. The Balaban J connectivity index is 1.84. The Morgan fingerprint density at radius 2 is 1.71 bits per heavy atom. The number of pyridine rings is 1. The van der Waals surface area contributed by atoms with Gasteiger partial charge in [-0.25, -0.2) is 4.98 Å². The van der Waals surface area contributed by atoms with Crippen LogP contribution in [0.2, 0.25) is 0 Å². The average molecular weight is 315 g/mol. The second kappa shape index (κ2) is 5.77. The first kappa shape index (κ1) is 14.4. The first-order chi connectivity index (χ1) is 11.7. The zero-order valence-corrected chi connectivity index (χ0v) is 13.6. The van der Waals surface area contributed by atoms with E-state index in [-0.39, 0.29) is 0 Å². The number of nitrogens with one attached hydrogen (secondary N) is 1. The minimum atomic E-state index is 0.843. The molecule has 0 bridgehead atoms. The van der Waals surface area contributed by atoms with Gasteiger partial charge < -0.3 is 5.32 Å². The quantitative estimate of drug-likeness (QED) is 0.617. The van der Waals surface area contributed by atoms with Gasteiger partial charge in [0.15, 0.2) is 5.65 Å². The van der Waals surface area contributed by atoms with Gasteiger partial charge in [0, 0.05) is 35.4 Å². The molecule has 0 fully saturated rings. The summed E-state index contributed by atoms with van der Waals surface area (Å²) in [4.78, 5) is 8.73. The number of aromatic nitrogens is 4. The van der Waals surface area contributed by atoms with Crippen LogP contribution in [-0.4, -0.2) is 19.6 Å². The Bertz CT molecular complexity index is 988. The lowest BCUT2D eigenvalue weighted by atomic mass is 10.1. The molecule has 4 aromatic rings. The van der Waals surface area contributed by atoms with Crippen molar-refractivity contribution in [3.8, 4) is 11.1 Å². The SMILES string of the molecule is Cc1ccc(-c2cnn3c(Nc4ccncc4)cc(C)nc23)cc1. The minimum absolute atomic E-state index is 0.843.